The predicted octanol–water partition coefficient (Wildman–Crippen LogP) is -1.49. The van der Waals surface area contributed by atoms with Gasteiger partial charge in [-0.2, -0.15) is 0 Å². The van der Waals surface area contributed by atoms with Crippen molar-refractivity contribution in [3.63, 3.8) is 0 Å². The van der Waals surface area contributed by atoms with Crippen molar-refractivity contribution >= 4 is 18.2 Å². The quantitative estimate of drug-likeness (QED) is 0.470. The third-order valence-corrected chi connectivity index (χ3v) is 1.40. The average Bonchev–Trinajstić information content (AvgIpc) is 2.16. The Morgan fingerprint density at radius 1 is 1.08 bits per heavy atom. The molecule has 0 aliphatic heterocycles. The van der Waals surface area contributed by atoms with Gasteiger partial charge < -0.3 is 0 Å². The van der Waals surface area contributed by atoms with Gasteiger partial charge in [-0.15, -0.1) is 0 Å². The number of aldehydes is 1. The molecule has 0 atom stereocenters. The first-order valence-electron chi connectivity index (χ1n) is 3.17. The lowest BCUT2D eigenvalue weighted by Crippen LogP contribution is -2.27. The highest BCUT2D eigenvalue weighted by molar-refractivity contribution is 5.75. The average molecular weight is 160 g/mol. The van der Waals surface area contributed by atoms with Crippen molar-refractivity contribution in [1.29, 1.82) is 0 Å². The first kappa shape index (κ1) is 8.15. The molecule has 0 fully saturated rings. The van der Waals surface area contributed by atoms with Crippen molar-refractivity contribution in [3.8, 4) is 0 Å². The Hall–Kier alpha value is -1.95. The largest absolute Gasteiger partial charge is 0.298 e. The van der Waals surface area contributed by atoms with Gasteiger partial charge in [-0.05, 0) is 12.1 Å². The second-order valence-corrected chi connectivity index (χ2v) is 2.13. The van der Waals surface area contributed by atoms with E-state index >= 15 is 0 Å². The standard InChI is InChI=1S/C9H4O3/c10-4-7-1-2-8(5-11)9(3-7)6-12/h1-4H. The van der Waals surface area contributed by atoms with Crippen molar-refractivity contribution in [2.24, 2.45) is 0 Å². The fourth-order valence-electron chi connectivity index (χ4n) is 0.809. The summed E-state index contributed by atoms with van der Waals surface area (Å²) in [4.78, 5) is 30.7. The summed E-state index contributed by atoms with van der Waals surface area (Å²) >= 11 is 0. The molecule has 3 nitrogen and oxygen atoms in total. The van der Waals surface area contributed by atoms with Gasteiger partial charge in [0, 0.05) is 5.56 Å². The summed E-state index contributed by atoms with van der Waals surface area (Å²) in [6.07, 6.45) is 0.593. The van der Waals surface area contributed by atoms with Crippen LogP contribution in [0.1, 0.15) is 10.4 Å². The van der Waals surface area contributed by atoms with Crippen LogP contribution in [0.15, 0.2) is 18.2 Å². The third kappa shape index (κ3) is 1.38. The molecule has 12 heavy (non-hydrogen) atoms. The molecule has 1 rings (SSSR count). The van der Waals surface area contributed by atoms with Crippen LogP contribution in [0.4, 0.5) is 0 Å². The summed E-state index contributed by atoms with van der Waals surface area (Å²) in [6.45, 7) is 0. The van der Waals surface area contributed by atoms with E-state index in [1.54, 1.807) is 11.9 Å². The number of carbonyl (C=O) groups is 1. The monoisotopic (exact) mass is 160 g/mol. The molecule has 1 aromatic rings. The number of hydrogen-bond acceptors (Lipinski definition) is 3. The van der Waals surface area contributed by atoms with E-state index in [4.69, 9.17) is 0 Å². The zero-order chi connectivity index (χ0) is 8.97. The molecule has 0 unspecified atom stereocenters. The molecule has 3 heteroatoms. The Balaban J connectivity index is 3.75. The van der Waals surface area contributed by atoms with Gasteiger partial charge in [0.05, 0.1) is 10.4 Å². The molecule has 0 aliphatic carbocycles. The number of carbonyl (C=O) groups excluding carboxylic acids is 3. The Labute approximate surface area is 67.6 Å². The number of rotatable bonds is 1. The summed E-state index contributed by atoms with van der Waals surface area (Å²) in [5.74, 6) is 3.12. The minimum absolute atomic E-state index is 0.0644. The van der Waals surface area contributed by atoms with Gasteiger partial charge in [-0.3, -0.25) is 4.79 Å². The maximum Gasteiger partial charge on any atom is 0.150 e. The Morgan fingerprint density at radius 3 is 2.25 bits per heavy atom. The van der Waals surface area contributed by atoms with Crippen molar-refractivity contribution in [2.45, 2.75) is 0 Å². The Bertz CT molecular complexity index is 463. The van der Waals surface area contributed by atoms with Crippen LogP contribution >= 0.6 is 0 Å². The summed E-state index contributed by atoms with van der Waals surface area (Å²) in [7, 11) is 0. The van der Waals surface area contributed by atoms with E-state index in [1.165, 1.54) is 18.2 Å². The zero-order valence-corrected chi connectivity index (χ0v) is 6.03. The van der Waals surface area contributed by atoms with Gasteiger partial charge in [-0.25, -0.2) is 9.59 Å². The summed E-state index contributed by atoms with van der Waals surface area (Å²) in [5.41, 5.74) is 0.340. The van der Waals surface area contributed by atoms with E-state index in [-0.39, 0.29) is 10.4 Å². The van der Waals surface area contributed by atoms with Gasteiger partial charge in [0.25, 0.3) is 0 Å². The molecule has 0 aromatic heterocycles. The normalized spacial score (nSPS) is 8.33. The Morgan fingerprint density at radius 2 is 1.75 bits per heavy atom. The lowest BCUT2D eigenvalue weighted by Gasteiger charge is -1.85. The minimum atomic E-state index is 0.0644. The summed E-state index contributed by atoms with van der Waals surface area (Å²) < 4.78 is 0. The van der Waals surface area contributed by atoms with Gasteiger partial charge >= 0.3 is 0 Å². The molecule has 0 bridgehead atoms. The maximum absolute atomic E-state index is 10.2. The fourth-order valence-corrected chi connectivity index (χ4v) is 0.809. The molecule has 0 saturated heterocycles. The molecular weight excluding hydrogens is 156 g/mol. The molecule has 0 N–H and O–H groups in total. The van der Waals surface area contributed by atoms with Crippen molar-refractivity contribution in [1.82, 2.24) is 0 Å². The van der Waals surface area contributed by atoms with Crippen molar-refractivity contribution < 1.29 is 14.4 Å². The molecule has 0 aliphatic rings. The zero-order valence-electron chi connectivity index (χ0n) is 6.03. The van der Waals surface area contributed by atoms with Gasteiger partial charge in [0.2, 0.25) is 0 Å². The fraction of sp³-hybridized carbons (Fsp3) is 0. The van der Waals surface area contributed by atoms with Crippen LogP contribution in [0, 0.1) is 0 Å². The predicted molar refractivity (Wildman–Crippen MR) is 40.7 cm³/mol. The molecule has 58 valence electrons. The molecule has 0 amide bonds. The second-order valence-electron chi connectivity index (χ2n) is 2.13. The van der Waals surface area contributed by atoms with Crippen LogP contribution in [-0.4, -0.2) is 18.2 Å². The first-order chi connectivity index (χ1) is 5.81. The second kappa shape index (κ2) is 3.44. The highest BCUT2D eigenvalue weighted by Gasteiger charge is 1.90. The van der Waals surface area contributed by atoms with Crippen LogP contribution in [0.5, 0.6) is 0 Å². The first-order valence-corrected chi connectivity index (χ1v) is 3.17. The topological polar surface area (TPSA) is 51.2 Å². The molecule has 0 heterocycles. The number of benzene rings is 1. The van der Waals surface area contributed by atoms with E-state index in [2.05, 4.69) is 0 Å². The van der Waals surface area contributed by atoms with Crippen LogP contribution in [0.3, 0.4) is 0 Å². The van der Waals surface area contributed by atoms with Crippen LogP contribution in [-0.2, 0) is 9.59 Å². The molecule has 0 radical (unpaired) electrons. The lowest BCUT2D eigenvalue weighted by atomic mass is 10.2. The minimum Gasteiger partial charge on any atom is -0.298 e. The van der Waals surface area contributed by atoms with Gasteiger partial charge in [0.15, 0.2) is 0 Å². The molecule has 1 aromatic carbocycles. The van der Waals surface area contributed by atoms with Gasteiger partial charge in [0.1, 0.15) is 18.2 Å². The number of hydrogen-bond donors (Lipinski definition) is 0. The van der Waals surface area contributed by atoms with Crippen molar-refractivity contribution in [3.05, 3.63) is 34.2 Å². The third-order valence-electron chi connectivity index (χ3n) is 1.40. The Kier molecular flexibility index (Phi) is 2.34. The van der Waals surface area contributed by atoms with Gasteiger partial charge in [-0.1, -0.05) is 6.07 Å². The summed E-state index contributed by atoms with van der Waals surface area (Å²) in [6, 6.07) is 4.09. The maximum atomic E-state index is 10.2. The van der Waals surface area contributed by atoms with E-state index in [0.717, 1.165) is 0 Å². The van der Waals surface area contributed by atoms with Crippen LogP contribution in [0.2, 0.25) is 0 Å². The SMILES string of the molecule is O=C=c1ccc(C=O)cc1=C=O. The van der Waals surface area contributed by atoms with E-state index < -0.39 is 0 Å². The highest BCUT2D eigenvalue weighted by Crippen LogP contribution is 1.83. The van der Waals surface area contributed by atoms with Crippen LogP contribution in [0.25, 0.3) is 0 Å². The lowest BCUT2D eigenvalue weighted by molar-refractivity contribution is 0.112. The van der Waals surface area contributed by atoms with E-state index in [0.29, 0.717) is 11.8 Å². The summed E-state index contributed by atoms with van der Waals surface area (Å²) in [5, 5.41) is 0.185. The van der Waals surface area contributed by atoms with E-state index in [1.807, 2.05) is 0 Å². The molecular formula is C9H4O3. The molecule has 0 saturated carbocycles. The highest BCUT2D eigenvalue weighted by atomic mass is 16.1. The molecule has 0 spiro atoms. The smallest absolute Gasteiger partial charge is 0.150 e. The van der Waals surface area contributed by atoms with E-state index in [9.17, 15) is 14.4 Å². The van der Waals surface area contributed by atoms with Crippen molar-refractivity contribution in [2.75, 3.05) is 0 Å². The van der Waals surface area contributed by atoms with Crippen LogP contribution < -0.4 is 10.4 Å².